The highest BCUT2D eigenvalue weighted by Gasteiger charge is 2.09. The van der Waals surface area contributed by atoms with Gasteiger partial charge >= 0.3 is 11.9 Å². The molecule has 0 aliphatic heterocycles. The molecule has 0 aliphatic carbocycles. The third-order valence-corrected chi connectivity index (χ3v) is 3.89. The van der Waals surface area contributed by atoms with Crippen LogP contribution in [-0.4, -0.2) is 71.6 Å². The molecule has 0 saturated carbocycles. The zero-order chi connectivity index (χ0) is 22.2. The normalized spacial score (nSPS) is 10.2. The summed E-state index contributed by atoms with van der Waals surface area (Å²) in [4.78, 5) is 34.3. The summed E-state index contributed by atoms with van der Waals surface area (Å²) in [6.45, 7) is 0.764. The minimum Gasteiger partial charge on any atom is -0.493 e. The van der Waals surface area contributed by atoms with Crippen LogP contribution in [0, 0.1) is 0 Å². The van der Waals surface area contributed by atoms with Crippen LogP contribution in [0.25, 0.3) is 0 Å². The van der Waals surface area contributed by atoms with E-state index < -0.39 is 11.9 Å². The number of rotatable bonds is 15. The largest absolute Gasteiger partial charge is 0.493 e. The second-order valence-electron chi connectivity index (χ2n) is 6.05. The molecular formula is C20H30N2O8. The molecule has 1 aromatic carbocycles. The number of carbonyl (C=O) groups is 3. The van der Waals surface area contributed by atoms with Gasteiger partial charge in [-0.25, -0.2) is 0 Å². The lowest BCUT2D eigenvalue weighted by Gasteiger charge is -2.10. The molecule has 0 spiro atoms. The molecule has 1 aromatic rings. The van der Waals surface area contributed by atoms with Crippen molar-refractivity contribution in [2.24, 2.45) is 5.73 Å². The first-order valence-corrected chi connectivity index (χ1v) is 9.56. The molecule has 30 heavy (non-hydrogen) atoms. The van der Waals surface area contributed by atoms with Crippen molar-refractivity contribution in [1.82, 2.24) is 5.32 Å². The lowest BCUT2D eigenvalue weighted by Crippen LogP contribution is -2.26. The Balaban J connectivity index is 2.09. The average molecular weight is 426 g/mol. The Hall–Kier alpha value is -2.85. The number of hydrogen-bond acceptors (Lipinski definition) is 9. The molecule has 0 atom stereocenters. The van der Waals surface area contributed by atoms with Crippen molar-refractivity contribution in [1.29, 1.82) is 0 Å². The fourth-order valence-corrected chi connectivity index (χ4v) is 2.35. The van der Waals surface area contributed by atoms with Crippen LogP contribution in [-0.2, 0) is 35.0 Å². The minimum atomic E-state index is -0.507. The predicted octanol–water partition coefficient (Wildman–Crippen LogP) is 0.204. The molecule has 0 bridgehead atoms. The number of nitrogens with two attached hydrogens (primary N) is 1. The molecule has 0 radical (unpaired) electrons. The van der Waals surface area contributed by atoms with Gasteiger partial charge < -0.3 is 34.7 Å². The van der Waals surface area contributed by atoms with Gasteiger partial charge in [0, 0.05) is 13.0 Å². The smallest absolute Gasteiger partial charge is 0.319 e. The SMILES string of the molecule is COc1ccc(CCNC(=O)CCC(=O)OCCOCCOC(=O)CN)cc1OC. The van der Waals surface area contributed by atoms with E-state index in [9.17, 15) is 14.4 Å². The van der Waals surface area contributed by atoms with Gasteiger partial charge in [0.05, 0.1) is 40.4 Å². The Bertz CT molecular complexity index is 681. The zero-order valence-corrected chi connectivity index (χ0v) is 17.4. The molecule has 1 amide bonds. The number of methoxy groups -OCH3 is 2. The Labute approximate surface area is 175 Å². The van der Waals surface area contributed by atoms with Crippen LogP contribution in [0.5, 0.6) is 11.5 Å². The first-order chi connectivity index (χ1) is 14.5. The molecule has 3 N–H and O–H groups in total. The maximum Gasteiger partial charge on any atom is 0.319 e. The van der Waals surface area contributed by atoms with Gasteiger partial charge in [-0.15, -0.1) is 0 Å². The van der Waals surface area contributed by atoms with Crippen molar-refractivity contribution in [2.75, 3.05) is 53.7 Å². The molecule has 1 rings (SSSR count). The van der Waals surface area contributed by atoms with E-state index in [-0.39, 0.29) is 51.7 Å². The van der Waals surface area contributed by atoms with Crippen molar-refractivity contribution in [2.45, 2.75) is 19.3 Å². The Kier molecular flexibility index (Phi) is 12.6. The van der Waals surface area contributed by atoms with E-state index in [0.29, 0.717) is 24.5 Å². The quantitative estimate of drug-likeness (QED) is 0.298. The van der Waals surface area contributed by atoms with Gasteiger partial charge in [0.15, 0.2) is 11.5 Å². The van der Waals surface area contributed by atoms with Crippen LogP contribution in [0.1, 0.15) is 18.4 Å². The highest BCUT2D eigenvalue weighted by molar-refractivity contribution is 5.81. The molecule has 0 heterocycles. The summed E-state index contributed by atoms with van der Waals surface area (Å²) in [5.74, 6) is 0.0504. The van der Waals surface area contributed by atoms with Gasteiger partial charge in [-0.3, -0.25) is 14.4 Å². The third-order valence-electron chi connectivity index (χ3n) is 3.89. The number of amides is 1. The summed E-state index contributed by atoms with van der Waals surface area (Å²) in [7, 11) is 3.13. The summed E-state index contributed by atoms with van der Waals surface area (Å²) in [5.41, 5.74) is 6.07. The maximum atomic E-state index is 11.9. The van der Waals surface area contributed by atoms with Crippen molar-refractivity contribution < 1.29 is 38.1 Å². The number of carbonyl (C=O) groups excluding carboxylic acids is 3. The number of nitrogens with one attached hydrogen (secondary N) is 1. The maximum absolute atomic E-state index is 11.9. The van der Waals surface area contributed by atoms with Crippen LogP contribution in [0.4, 0.5) is 0 Å². The molecular weight excluding hydrogens is 396 g/mol. The number of ether oxygens (including phenoxy) is 5. The second kappa shape index (κ2) is 15.1. The molecule has 168 valence electrons. The van der Waals surface area contributed by atoms with Gasteiger partial charge in [-0.2, -0.15) is 0 Å². The first-order valence-electron chi connectivity index (χ1n) is 9.56. The Morgan fingerprint density at radius 3 is 2.20 bits per heavy atom. The lowest BCUT2D eigenvalue weighted by molar-refractivity contribution is -0.147. The summed E-state index contributed by atoms with van der Waals surface area (Å²) >= 11 is 0. The Morgan fingerprint density at radius 2 is 1.57 bits per heavy atom. The fourth-order valence-electron chi connectivity index (χ4n) is 2.35. The summed E-state index contributed by atoms with van der Waals surface area (Å²) in [5, 5.41) is 2.76. The van der Waals surface area contributed by atoms with E-state index in [0.717, 1.165) is 5.56 Å². The van der Waals surface area contributed by atoms with E-state index in [1.54, 1.807) is 14.2 Å². The second-order valence-corrected chi connectivity index (χ2v) is 6.05. The van der Waals surface area contributed by atoms with E-state index in [1.165, 1.54) is 0 Å². The van der Waals surface area contributed by atoms with Gasteiger partial charge in [0.25, 0.3) is 0 Å². The molecule has 0 unspecified atom stereocenters. The summed E-state index contributed by atoms with van der Waals surface area (Å²) in [6, 6.07) is 5.56. The summed E-state index contributed by atoms with van der Waals surface area (Å²) < 4.78 is 25.2. The number of hydrogen-bond donors (Lipinski definition) is 2. The van der Waals surface area contributed by atoms with Gasteiger partial charge in [0.2, 0.25) is 5.91 Å². The highest BCUT2D eigenvalue weighted by atomic mass is 16.6. The van der Waals surface area contributed by atoms with E-state index in [1.807, 2.05) is 18.2 Å². The van der Waals surface area contributed by atoms with Crippen LogP contribution >= 0.6 is 0 Å². The standard InChI is InChI=1S/C20H30N2O8/c1-26-16-4-3-15(13-17(16)27-2)7-8-22-18(23)5-6-19(24)29-11-9-28-10-12-30-20(25)14-21/h3-4,13H,5-12,14,21H2,1-2H3,(H,22,23). The number of benzene rings is 1. The van der Waals surface area contributed by atoms with Crippen LogP contribution in [0.2, 0.25) is 0 Å². The highest BCUT2D eigenvalue weighted by Crippen LogP contribution is 2.27. The Morgan fingerprint density at radius 1 is 0.900 bits per heavy atom. The minimum absolute atomic E-state index is 0.0176. The molecule has 10 nitrogen and oxygen atoms in total. The van der Waals surface area contributed by atoms with Crippen molar-refractivity contribution in [3.05, 3.63) is 23.8 Å². The first kappa shape index (κ1) is 25.2. The predicted molar refractivity (Wildman–Crippen MR) is 107 cm³/mol. The lowest BCUT2D eigenvalue weighted by atomic mass is 10.1. The molecule has 0 fully saturated rings. The van der Waals surface area contributed by atoms with Gasteiger partial charge in [-0.1, -0.05) is 6.07 Å². The van der Waals surface area contributed by atoms with E-state index in [4.69, 9.17) is 29.4 Å². The topological polar surface area (TPSA) is 135 Å². The summed E-state index contributed by atoms with van der Waals surface area (Å²) in [6.07, 6.45) is 0.644. The molecule has 0 aromatic heterocycles. The van der Waals surface area contributed by atoms with Crippen LogP contribution < -0.4 is 20.5 Å². The average Bonchev–Trinajstić information content (AvgIpc) is 2.76. The molecule has 0 aliphatic rings. The number of esters is 2. The monoisotopic (exact) mass is 426 g/mol. The zero-order valence-electron chi connectivity index (χ0n) is 17.4. The van der Waals surface area contributed by atoms with Gasteiger partial charge in [0.1, 0.15) is 13.2 Å². The molecule has 0 saturated heterocycles. The van der Waals surface area contributed by atoms with Crippen LogP contribution in [0.3, 0.4) is 0 Å². The molecule has 10 heteroatoms. The van der Waals surface area contributed by atoms with Gasteiger partial charge in [-0.05, 0) is 24.1 Å². The van der Waals surface area contributed by atoms with Crippen molar-refractivity contribution in [3.63, 3.8) is 0 Å². The third kappa shape index (κ3) is 10.6. The van der Waals surface area contributed by atoms with Crippen LogP contribution in [0.15, 0.2) is 18.2 Å². The fraction of sp³-hybridized carbons (Fsp3) is 0.550. The van der Waals surface area contributed by atoms with E-state index in [2.05, 4.69) is 5.32 Å². The van der Waals surface area contributed by atoms with Crippen molar-refractivity contribution in [3.8, 4) is 11.5 Å². The van der Waals surface area contributed by atoms with E-state index >= 15 is 0 Å². The van der Waals surface area contributed by atoms with Crippen molar-refractivity contribution >= 4 is 17.8 Å².